The zero-order valence-electron chi connectivity index (χ0n) is 22.9. The van der Waals surface area contributed by atoms with E-state index in [0.29, 0.717) is 46.1 Å². The average molecular weight is 487 g/mol. The molecule has 0 aliphatic carbocycles. The molecule has 0 aliphatic rings. The summed E-state index contributed by atoms with van der Waals surface area (Å²) >= 11 is 0. The van der Waals surface area contributed by atoms with E-state index in [9.17, 15) is 4.79 Å². The van der Waals surface area contributed by atoms with E-state index in [2.05, 4.69) is 13.8 Å². The molecule has 0 heterocycles. The van der Waals surface area contributed by atoms with Crippen molar-refractivity contribution in [1.29, 1.82) is 0 Å². The summed E-state index contributed by atoms with van der Waals surface area (Å²) < 4.78 is 21.8. The molecule has 0 bridgehead atoms. The normalized spacial score (nSPS) is 11.2. The van der Waals surface area contributed by atoms with Crippen molar-refractivity contribution in [2.24, 2.45) is 0 Å². The van der Waals surface area contributed by atoms with Gasteiger partial charge in [0.15, 0.2) is 0 Å². The quantitative estimate of drug-likeness (QED) is 0.0791. The van der Waals surface area contributed by atoms with Crippen LogP contribution in [0.25, 0.3) is 0 Å². The molecule has 0 N–H and O–H groups in total. The smallest absolute Gasteiger partial charge is 0.305 e. The van der Waals surface area contributed by atoms with Crippen LogP contribution < -0.4 is 0 Å². The molecule has 5 heteroatoms. The van der Waals surface area contributed by atoms with Crippen LogP contribution in [0.2, 0.25) is 0 Å². The molecule has 0 saturated heterocycles. The first-order valence-electron chi connectivity index (χ1n) is 14.7. The van der Waals surface area contributed by atoms with Gasteiger partial charge >= 0.3 is 5.97 Å². The average Bonchev–Trinajstić information content (AvgIpc) is 2.84. The number of unbranched alkanes of at least 4 members (excludes halogenated alkanes) is 16. The summed E-state index contributed by atoms with van der Waals surface area (Å²) in [6, 6.07) is 0. The highest BCUT2D eigenvalue weighted by molar-refractivity contribution is 5.69. The lowest BCUT2D eigenvalue weighted by Crippen LogP contribution is -2.14. The van der Waals surface area contributed by atoms with Crippen molar-refractivity contribution < 1.29 is 23.7 Å². The van der Waals surface area contributed by atoms with Gasteiger partial charge in [-0.2, -0.15) is 0 Å². The molecule has 0 rings (SSSR count). The predicted molar refractivity (Wildman–Crippen MR) is 142 cm³/mol. The molecule has 0 radical (unpaired) electrons. The molecule has 0 aromatic rings. The van der Waals surface area contributed by atoms with Crippen LogP contribution in [0.3, 0.4) is 0 Å². The molecule has 0 spiro atoms. The fourth-order valence-electron chi connectivity index (χ4n) is 3.92. The SMILES string of the molecule is CCCCCCCCCCCCCOCCOCCOCCOC(=O)CCCCCCCCC. The predicted octanol–water partition coefficient (Wildman–Crippen LogP) is 8.03. The van der Waals surface area contributed by atoms with E-state index in [1.54, 1.807) is 0 Å². The van der Waals surface area contributed by atoms with Gasteiger partial charge in [0.2, 0.25) is 0 Å². The molecule has 0 atom stereocenters. The van der Waals surface area contributed by atoms with E-state index in [-0.39, 0.29) is 5.97 Å². The molecule has 5 nitrogen and oxygen atoms in total. The zero-order valence-corrected chi connectivity index (χ0v) is 22.9. The summed E-state index contributed by atoms with van der Waals surface area (Å²) in [7, 11) is 0. The Kier molecular flexibility index (Phi) is 29.8. The number of hydrogen-bond acceptors (Lipinski definition) is 5. The van der Waals surface area contributed by atoms with Gasteiger partial charge < -0.3 is 18.9 Å². The van der Waals surface area contributed by atoms with Crippen LogP contribution in [0.1, 0.15) is 136 Å². The Morgan fingerprint density at radius 1 is 0.412 bits per heavy atom. The van der Waals surface area contributed by atoms with Crippen LogP contribution in [-0.2, 0) is 23.7 Å². The zero-order chi connectivity index (χ0) is 24.8. The van der Waals surface area contributed by atoms with Gasteiger partial charge in [-0.15, -0.1) is 0 Å². The minimum absolute atomic E-state index is 0.108. The molecular weight excluding hydrogens is 428 g/mol. The van der Waals surface area contributed by atoms with E-state index in [0.717, 1.165) is 25.9 Å². The maximum Gasteiger partial charge on any atom is 0.305 e. The van der Waals surface area contributed by atoms with Crippen molar-refractivity contribution in [3.05, 3.63) is 0 Å². The Hall–Kier alpha value is -0.650. The Morgan fingerprint density at radius 2 is 0.765 bits per heavy atom. The van der Waals surface area contributed by atoms with Gasteiger partial charge in [0.1, 0.15) is 6.61 Å². The van der Waals surface area contributed by atoms with Gasteiger partial charge in [-0.1, -0.05) is 117 Å². The highest BCUT2D eigenvalue weighted by atomic mass is 16.6. The van der Waals surface area contributed by atoms with Crippen molar-refractivity contribution in [3.8, 4) is 0 Å². The van der Waals surface area contributed by atoms with Crippen LogP contribution in [0, 0.1) is 0 Å². The Bertz CT molecular complexity index is 389. The lowest BCUT2D eigenvalue weighted by atomic mass is 10.1. The first-order valence-corrected chi connectivity index (χ1v) is 14.7. The molecule has 204 valence electrons. The van der Waals surface area contributed by atoms with Crippen molar-refractivity contribution in [2.75, 3.05) is 46.2 Å². The second-order valence-corrected chi connectivity index (χ2v) is 9.46. The third-order valence-corrected chi connectivity index (χ3v) is 6.11. The summed E-state index contributed by atoms with van der Waals surface area (Å²) in [6.07, 6.45) is 23.9. The first kappa shape index (κ1) is 33.4. The number of carbonyl (C=O) groups excluding carboxylic acids is 1. The molecule has 0 aromatic carbocycles. The lowest BCUT2D eigenvalue weighted by molar-refractivity contribution is -0.145. The molecule has 0 fully saturated rings. The van der Waals surface area contributed by atoms with E-state index in [4.69, 9.17) is 18.9 Å². The fourth-order valence-corrected chi connectivity index (χ4v) is 3.92. The van der Waals surface area contributed by atoms with E-state index >= 15 is 0 Å². The van der Waals surface area contributed by atoms with Gasteiger partial charge in [0, 0.05) is 13.0 Å². The van der Waals surface area contributed by atoms with Gasteiger partial charge in [0.05, 0.1) is 33.0 Å². The van der Waals surface area contributed by atoms with E-state index in [1.807, 2.05) is 0 Å². The maximum atomic E-state index is 11.7. The molecule has 34 heavy (non-hydrogen) atoms. The first-order chi connectivity index (χ1) is 16.8. The number of carbonyl (C=O) groups is 1. The topological polar surface area (TPSA) is 54.0 Å². The van der Waals surface area contributed by atoms with Crippen molar-refractivity contribution in [2.45, 2.75) is 136 Å². The highest BCUT2D eigenvalue weighted by Crippen LogP contribution is 2.11. The van der Waals surface area contributed by atoms with Crippen molar-refractivity contribution in [1.82, 2.24) is 0 Å². The number of esters is 1. The molecule has 0 aromatic heterocycles. The van der Waals surface area contributed by atoms with Crippen LogP contribution in [0.5, 0.6) is 0 Å². The van der Waals surface area contributed by atoms with Crippen LogP contribution in [-0.4, -0.2) is 52.2 Å². The third kappa shape index (κ3) is 29.4. The van der Waals surface area contributed by atoms with Crippen LogP contribution in [0.4, 0.5) is 0 Å². The Balaban J connectivity index is 3.10. The van der Waals surface area contributed by atoms with Gasteiger partial charge in [-0.05, 0) is 12.8 Å². The lowest BCUT2D eigenvalue weighted by Gasteiger charge is -2.08. The summed E-state index contributed by atoms with van der Waals surface area (Å²) in [5.41, 5.74) is 0. The highest BCUT2D eigenvalue weighted by Gasteiger charge is 2.02. The second kappa shape index (κ2) is 30.4. The minimum Gasteiger partial charge on any atom is -0.463 e. The van der Waals surface area contributed by atoms with Crippen molar-refractivity contribution in [3.63, 3.8) is 0 Å². The summed E-state index contributed by atoms with van der Waals surface area (Å²) in [5, 5.41) is 0. The molecule has 0 unspecified atom stereocenters. The van der Waals surface area contributed by atoms with Gasteiger partial charge in [-0.25, -0.2) is 0 Å². The molecule has 0 amide bonds. The van der Waals surface area contributed by atoms with E-state index < -0.39 is 0 Å². The van der Waals surface area contributed by atoms with E-state index in [1.165, 1.54) is 96.3 Å². The van der Waals surface area contributed by atoms with Gasteiger partial charge in [-0.3, -0.25) is 4.79 Å². The Labute approximate surface area is 212 Å². The summed E-state index contributed by atoms with van der Waals surface area (Å²) in [6.45, 7) is 8.42. The minimum atomic E-state index is -0.108. The molecule has 0 saturated carbocycles. The number of rotatable bonds is 29. The third-order valence-electron chi connectivity index (χ3n) is 6.11. The molecular formula is C29H58O5. The van der Waals surface area contributed by atoms with Crippen molar-refractivity contribution >= 4 is 5.97 Å². The van der Waals surface area contributed by atoms with Crippen LogP contribution >= 0.6 is 0 Å². The molecule has 0 aliphatic heterocycles. The fraction of sp³-hybridized carbons (Fsp3) is 0.966. The summed E-state index contributed by atoms with van der Waals surface area (Å²) in [4.78, 5) is 11.7. The standard InChI is InChI=1S/C29H58O5/c1-3-5-7-9-11-12-13-14-16-18-20-22-31-23-24-32-25-26-33-27-28-34-29(30)21-19-17-15-10-8-6-4-2/h3-28H2,1-2H3. The largest absolute Gasteiger partial charge is 0.463 e. The second-order valence-electron chi connectivity index (χ2n) is 9.46. The maximum absolute atomic E-state index is 11.7. The number of hydrogen-bond donors (Lipinski definition) is 0. The summed E-state index contributed by atoms with van der Waals surface area (Å²) in [5.74, 6) is -0.108. The monoisotopic (exact) mass is 486 g/mol. The Morgan fingerprint density at radius 3 is 1.24 bits per heavy atom. The number of ether oxygens (including phenoxy) is 4. The van der Waals surface area contributed by atoms with Gasteiger partial charge in [0.25, 0.3) is 0 Å². The van der Waals surface area contributed by atoms with Crippen LogP contribution in [0.15, 0.2) is 0 Å².